The summed E-state index contributed by atoms with van der Waals surface area (Å²) in [5, 5.41) is 0. The van der Waals surface area contributed by atoms with Gasteiger partial charge in [-0.1, -0.05) is 11.9 Å². The van der Waals surface area contributed by atoms with Crippen LogP contribution in [0.4, 0.5) is 0 Å². The minimum absolute atomic E-state index is 0.141. The van der Waals surface area contributed by atoms with Crippen LogP contribution in [-0.2, 0) is 9.53 Å². The molecular formula is C7H14N2O2S. The maximum Gasteiger partial charge on any atom is 0.293 e. The van der Waals surface area contributed by atoms with Crippen molar-refractivity contribution in [2.75, 3.05) is 32.4 Å². The standard InChI is InChI=1S/C7H14N2O2S/c1-8-12-3-2-9-4-7(5-9)11-6-10/h6-8H,2-5H2,1H3. The number of nitrogens with one attached hydrogen (secondary N) is 1. The van der Waals surface area contributed by atoms with Crippen LogP contribution in [0.5, 0.6) is 0 Å². The molecule has 0 aliphatic carbocycles. The maximum absolute atomic E-state index is 9.92. The Morgan fingerprint density at radius 1 is 1.75 bits per heavy atom. The molecule has 0 unspecified atom stereocenters. The van der Waals surface area contributed by atoms with Crippen LogP contribution in [0.1, 0.15) is 0 Å². The Balaban J connectivity index is 1.91. The Morgan fingerprint density at radius 2 is 2.50 bits per heavy atom. The number of carbonyl (C=O) groups excluding carboxylic acids is 1. The summed E-state index contributed by atoms with van der Waals surface area (Å²) in [7, 11) is 1.92. The summed E-state index contributed by atoms with van der Waals surface area (Å²) in [6, 6.07) is 0. The Morgan fingerprint density at radius 3 is 3.08 bits per heavy atom. The third-order valence-electron chi connectivity index (χ3n) is 1.83. The molecule has 70 valence electrons. The molecule has 0 aromatic rings. The van der Waals surface area contributed by atoms with E-state index in [2.05, 4.69) is 9.62 Å². The van der Waals surface area contributed by atoms with E-state index in [1.54, 1.807) is 11.9 Å². The number of carbonyl (C=O) groups is 1. The number of likely N-dealkylation sites (tertiary alicyclic amines) is 1. The van der Waals surface area contributed by atoms with Gasteiger partial charge in [-0.3, -0.25) is 14.4 Å². The molecule has 0 aromatic heterocycles. The molecule has 0 radical (unpaired) electrons. The van der Waals surface area contributed by atoms with E-state index >= 15 is 0 Å². The molecule has 0 saturated carbocycles. The molecule has 0 atom stereocenters. The van der Waals surface area contributed by atoms with Gasteiger partial charge in [0.2, 0.25) is 0 Å². The predicted molar refractivity (Wildman–Crippen MR) is 48.9 cm³/mol. The number of hydrogen-bond donors (Lipinski definition) is 1. The number of ether oxygens (including phenoxy) is 1. The van der Waals surface area contributed by atoms with E-state index in [-0.39, 0.29) is 6.10 Å². The minimum Gasteiger partial charge on any atom is -0.462 e. The topological polar surface area (TPSA) is 41.6 Å². The lowest BCUT2D eigenvalue weighted by atomic mass is 10.2. The summed E-state index contributed by atoms with van der Waals surface area (Å²) in [6.45, 7) is 3.38. The largest absolute Gasteiger partial charge is 0.462 e. The van der Waals surface area contributed by atoms with E-state index < -0.39 is 0 Å². The molecule has 4 nitrogen and oxygen atoms in total. The second kappa shape index (κ2) is 5.40. The molecule has 0 spiro atoms. The van der Waals surface area contributed by atoms with Crippen LogP contribution in [0.3, 0.4) is 0 Å². The highest BCUT2D eigenvalue weighted by Gasteiger charge is 2.26. The lowest BCUT2D eigenvalue weighted by molar-refractivity contribution is -0.141. The lowest BCUT2D eigenvalue weighted by Gasteiger charge is -2.37. The Labute approximate surface area is 76.8 Å². The molecule has 0 aromatic carbocycles. The van der Waals surface area contributed by atoms with Gasteiger partial charge < -0.3 is 4.74 Å². The van der Waals surface area contributed by atoms with Crippen molar-refractivity contribution < 1.29 is 9.53 Å². The zero-order valence-electron chi connectivity index (χ0n) is 7.16. The van der Waals surface area contributed by atoms with Crippen LogP contribution in [0.25, 0.3) is 0 Å². The molecule has 1 N–H and O–H groups in total. The van der Waals surface area contributed by atoms with Crippen LogP contribution in [0.15, 0.2) is 0 Å². The molecule has 5 heteroatoms. The van der Waals surface area contributed by atoms with Crippen LogP contribution >= 0.6 is 11.9 Å². The van der Waals surface area contributed by atoms with Crippen LogP contribution in [0.2, 0.25) is 0 Å². The zero-order valence-corrected chi connectivity index (χ0v) is 7.97. The first-order valence-electron chi connectivity index (χ1n) is 3.97. The average molecular weight is 190 g/mol. The quantitative estimate of drug-likeness (QED) is 0.354. The van der Waals surface area contributed by atoms with Gasteiger partial charge in [0.1, 0.15) is 6.10 Å². The van der Waals surface area contributed by atoms with Crippen LogP contribution in [-0.4, -0.2) is 49.9 Å². The normalized spacial score (nSPS) is 18.8. The van der Waals surface area contributed by atoms with Gasteiger partial charge >= 0.3 is 0 Å². The van der Waals surface area contributed by atoms with Crippen molar-refractivity contribution >= 4 is 18.4 Å². The Bertz CT molecular complexity index is 139. The van der Waals surface area contributed by atoms with Crippen molar-refractivity contribution in [2.24, 2.45) is 0 Å². The van der Waals surface area contributed by atoms with E-state index in [1.165, 1.54) is 0 Å². The van der Waals surface area contributed by atoms with Crippen LogP contribution < -0.4 is 4.72 Å². The molecule has 1 fully saturated rings. The summed E-state index contributed by atoms with van der Waals surface area (Å²) in [5.74, 6) is 1.07. The van der Waals surface area contributed by atoms with Crippen molar-refractivity contribution in [2.45, 2.75) is 6.10 Å². The molecule has 12 heavy (non-hydrogen) atoms. The average Bonchev–Trinajstić information content (AvgIpc) is 2.00. The van der Waals surface area contributed by atoms with Gasteiger partial charge in [0.15, 0.2) is 0 Å². The van der Waals surface area contributed by atoms with Gasteiger partial charge in [0.25, 0.3) is 6.47 Å². The fourth-order valence-electron chi connectivity index (χ4n) is 1.15. The highest BCUT2D eigenvalue weighted by atomic mass is 32.2. The molecule has 1 aliphatic heterocycles. The molecule has 1 heterocycles. The van der Waals surface area contributed by atoms with Gasteiger partial charge in [-0.15, -0.1) is 0 Å². The third-order valence-corrected chi connectivity index (χ3v) is 2.50. The fourth-order valence-corrected chi connectivity index (χ4v) is 1.70. The Hall–Kier alpha value is -0.260. The van der Waals surface area contributed by atoms with Gasteiger partial charge in [0, 0.05) is 25.4 Å². The summed E-state index contributed by atoms with van der Waals surface area (Å²) in [5.41, 5.74) is 0. The summed E-state index contributed by atoms with van der Waals surface area (Å²) < 4.78 is 7.78. The number of hydrogen-bond acceptors (Lipinski definition) is 5. The maximum atomic E-state index is 9.92. The van der Waals surface area contributed by atoms with Crippen molar-refractivity contribution in [1.29, 1.82) is 0 Å². The first-order chi connectivity index (χ1) is 5.86. The molecule has 1 saturated heterocycles. The van der Waals surface area contributed by atoms with Crippen LogP contribution in [0, 0.1) is 0 Å². The van der Waals surface area contributed by atoms with Crippen molar-refractivity contribution in [3.8, 4) is 0 Å². The smallest absolute Gasteiger partial charge is 0.293 e. The monoisotopic (exact) mass is 190 g/mol. The van der Waals surface area contributed by atoms with Gasteiger partial charge in [-0.25, -0.2) is 0 Å². The minimum atomic E-state index is 0.141. The van der Waals surface area contributed by atoms with E-state index in [9.17, 15) is 4.79 Å². The van der Waals surface area contributed by atoms with Gasteiger partial charge in [0.05, 0.1) is 0 Å². The summed E-state index contributed by atoms with van der Waals surface area (Å²) in [6.07, 6.45) is 0.141. The second-order valence-electron chi connectivity index (χ2n) is 2.67. The molecular weight excluding hydrogens is 176 g/mol. The zero-order chi connectivity index (χ0) is 8.81. The first-order valence-corrected chi connectivity index (χ1v) is 4.95. The van der Waals surface area contributed by atoms with E-state index in [0.29, 0.717) is 6.47 Å². The predicted octanol–water partition coefficient (Wildman–Crippen LogP) is -0.289. The van der Waals surface area contributed by atoms with E-state index in [0.717, 1.165) is 25.4 Å². The number of rotatable bonds is 6. The summed E-state index contributed by atoms with van der Waals surface area (Å²) >= 11 is 1.70. The number of nitrogens with zero attached hydrogens (tertiary/aromatic N) is 1. The second-order valence-corrected chi connectivity index (χ2v) is 3.77. The third kappa shape index (κ3) is 3.00. The van der Waals surface area contributed by atoms with E-state index in [4.69, 9.17) is 4.74 Å². The molecule has 0 bridgehead atoms. The highest BCUT2D eigenvalue weighted by molar-refractivity contribution is 7.97. The fraction of sp³-hybridized carbons (Fsp3) is 0.857. The highest BCUT2D eigenvalue weighted by Crippen LogP contribution is 2.10. The van der Waals surface area contributed by atoms with E-state index in [1.807, 2.05) is 7.05 Å². The molecule has 0 amide bonds. The van der Waals surface area contributed by atoms with Gasteiger partial charge in [-0.2, -0.15) is 0 Å². The SMILES string of the molecule is CNSCCN1CC(OC=O)C1. The van der Waals surface area contributed by atoms with Crippen molar-refractivity contribution in [3.05, 3.63) is 0 Å². The Kier molecular flexibility index (Phi) is 4.42. The lowest BCUT2D eigenvalue weighted by Crippen LogP contribution is -2.52. The molecule has 1 rings (SSSR count). The van der Waals surface area contributed by atoms with Crippen molar-refractivity contribution in [3.63, 3.8) is 0 Å². The summed E-state index contributed by atoms with van der Waals surface area (Å²) in [4.78, 5) is 12.2. The molecule has 1 aliphatic rings. The van der Waals surface area contributed by atoms with Gasteiger partial charge in [-0.05, 0) is 7.05 Å². The van der Waals surface area contributed by atoms with Crippen molar-refractivity contribution in [1.82, 2.24) is 9.62 Å². The first kappa shape index (κ1) is 9.83.